The van der Waals surface area contributed by atoms with Gasteiger partial charge in [0.2, 0.25) is 0 Å². The van der Waals surface area contributed by atoms with Gasteiger partial charge in [0.1, 0.15) is 17.9 Å². The molecule has 5 heterocycles. The van der Waals surface area contributed by atoms with Crippen LogP contribution in [-0.4, -0.2) is 63.0 Å². The number of benzene rings is 3. The fourth-order valence-electron chi connectivity index (χ4n) is 6.69. The molecule has 0 radical (unpaired) electrons. The first-order valence-corrected chi connectivity index (χ1v) is 16.9. The summed E-state index contributed by atoms with van der Waals surface area (Å²) in [5.74, 6) is 0.534. The highest BCUT2D eigenvalue weighted by atomic mass is 32.2. The van der Waals surface area contributed by atoms with E-state index in [9.17, 15) is 13.7 Å². The highest BCUT2D eigenvalue weighted by molar-refractivity contribution is 7.90. The molecule has 3 aliphatic heterocycles. The van der Waals surface area contributed by atoms with Crippen LogP contribution < -0.4 is 9.64 Å². The zero-order valence-electron chi connectivity index (χ0n) is 25.1. The summed E-state index contributed by atoms with van der Waals surface area (Å²) in [7, 11) is -4.02. The molecule has 10 heteroatoms. The summed E-state index contributed by atoms with van der Waals surface area (Å²) < 4.78 is 46.9. The lowest BCUT2D eigenvalue weighted by Crippen LogP contribution is -2.66. The molecule has 0 saturated carbocycles. The van der Waals surface area contributed by atoms with Crippen LogP contribution in [0.1, 0.15) is 18.4 Å². The molecule has 0 unspecified atom stereocenters. The molecule has 3 aliphatic rings. The number of anilines is 1. The second kappa shape index (κ2) is 11.3. The monoisotopic (exact) mass is 632 g/mol. The lowest BCUT2D eigenvalue weighted by Gasteiger charge is -2.56. The summed E-state index contributed by atoms with van der Waals surface area (Å²) in [5.41, 5.74) is 4.93. The average molecular weight is 633 g/mol. The predicted octanol–water partition coefficient (Wildman–Crippen LogP) is 5.87. The van der Waals surface area contributed by atoms with Crippen LogP contribution in [0.3, 0.4) is 0 Å². The van der Waals surface area contributed by atoms with E-state index >= 15 is 0 Å². The van der Waals surface area contributed by atoms with Gasteiger partial charge in [-0.3, -0.25) is 0 Å². The smallest absolute Gasteiger partial charge is 0.269 e. The minimum absolute atomic E-state index is 0.0000587. The van der Waals surface area contributed by atoms with Crippen molar-refractivity contribution in [2.45, 2.75) is 23.8 Å². The van der Waals surface area contributed by atoms with Gasteiger partial charge in [0.05, 0.1) is 48.0 Å². The van der Waals surface area contributed by atoms with Gasteiger partial charge < -0.3 is 19.1 Å². The number of ether oxygens (including phenoxy) is 3. The summed E-state index contributed by atoms with van der Waals surface area (Å²) in [5, 5.41) is 10.7. The Morgan fingerprint density at radius 2 is 1.63 bits per heavy atom. The lowest BCUT2D eigenvalue weighted by atomic mass is 9.78. The predicted molar refractivity (Wildman–Crippen MR) is 174 cm³/mol. The largest absolute Gasteiger partial charge is 0.489 e. The molecule has 0 bridgehead atoms. The second-order valence-electron chi connectivity index (χ2n) is 12.4. The van der Waals surface area contributed by atoms with Crippen molar-refractivity contribution in [1.29, 1.82) is 5.26 Å². The van der Waals surface area contributed by atoms with Gasteiger partial charge in [0.15, 0.2) is 5.65 Å². The Hall–Kier alpha value is -4.69. The van der Waals surface area contributed by atoms with Crippen LogP contribution in [0.25, 0.3) is 33.4 Å². The Morgan fingerprint density at radius 1 is 0.891 bits per heavy atom. The van der Waals surface area contributed by atoms with E-state index in [2.05, 4.69) is 16.0 Å². The van der Waals surface area contributed by atoms with Crippen molar-refractivity contribution >= 4 is 26.7 Å². The van der Waals surface area contributed by atoms with Crippen LogP contribution in [0.2, 0.25) is 0 Å². The second-order valence-corrected chi connectivity index (χ2v) is 14.1. The van der Waals surface area contributed by atoms with Gasteiger partial charge in [-0.05, 0) is 65.2 Å². The first kappa shape index (κ1) is 28.8. The van der Waals surface area contributed by atoms with Crippen LogP contribution in [0.4, 0.5) is 5.69 Å². The maximum absolute atomic E-state index is 14.3. The Labute approximate surface area is 267 Å². The average Bonchev–Trinajstić information content (AvgIpc) is 3.46. The third kappa shape index (κ3) is 4.92. The van der Waals surface area contributed by atoms with E-state index in [1.807, 2.05) is 48.5 Å². The van der Waals surface area contributed by atoms with Gasteiger partial charge in [0.25, 0.3) is 10.0 Å². The van der Waals surface area contributed by atoms with E-state index < -0.39 is 10.0 Å². The molecule has 2 aromatic heterocycles. The fraction of sp³-hybridized carbons (Fsp3) is 0.278. The third-order valence-corrected chi connectivity index (χ3v) is 10.9. The number of rotatable bonds is 7. The highest BCUT2D eigenvalue weighted by Crippen LogP contribution is 2.42. The van der Waals surface area contributed by atoms with Gasteiger partial charge in [-0.2, -0.15) is 5.26 Å². The van der Waals surface area contributed by atoms with Gasteiger partial charge in [-0.25, -0.2) is 17.4 Å². The first-order valence-electron chi connectivity index (χ1n) is 15.5. The molecule has 0 atom stereocenters. The van der Waals surface area contributed by atoms with E-state index in [0.29, 0.717) is 41.3 Å². The zero-order chi connectivity index (χ0) is 31.3. The molecule has 232 valence electrons. The highest BCUT2D eigenvalue weighted by Gasteiger charge is 2.49. The summed E-state index contributed by atoms with van der Waals surface area (Å²) in [6.07, 6.45) is 3.17. The number of nitriles is 1. The molecule has 0 N–H and O–H groups in total. The Kier molecular flexibility index (Phi) is 7.05. The Balaban J connectivity index is 1.22. The topological polar surface area (TPSA) is 107 Å². The van der Waals surface area contributed by atoms with Crippen molar-refractivity contribution in [1.82, 2.24) is 8.96 Å². The third-order valence-electron chi connectivity index (χ3n) is 9.21. The summed E-state index contributed by atoms with van der Waals surface area (Å²) in [6, 6.07) is 28.0. The number of hydrogen-bond acceptors (Lipinski definition) is 8. The summed E-state index contributed by atoms with van der Waals surface area (Å²) >= 11 is 0. The molecule has 3 aromatic carbocycles. The molecule has 1 spiro atoms. The van der Waals surface area contributed by atoms with E-state index in [0.717, 1.165) is 61.5 Å². The molecule has 0 amide bonds. The summed E-state index contributed by atoms with van der Waals surface area (Å²) in [4.78, 5) is 7.10. The molecule has 3 saturated heterocycles. The standard InChI is InChI=1S/C36H32N4O5S/c37-20-27-18-26(8-11-34(27)45-29-13-16-43-17-14-29)31-12-15-38-35-32(31)19-33(40(35)46(41,42)30-4-2-1-3-5-30)25-6-9-28(10-7-25)39-21-36(22-39)23-44-24-36/h1-12,15,18-19,29H,13-14,16-17,21-24H2. The first-order chi connectivity index (χ1) is 22.4. The number of pyridine rings is 1. The molecule has 3 fully saturated rings. The number of nitrogens with zero attached hydrogens (tertiary/aromatic N) is 4. The van der Waals surface area contributed by atoms with E-state index in [4.69, 9.17) is 14.2 Å². The molecular weight excluding hydrogens is 600 g/mol. The molecular formula is C36H32N4O5S. The zero-order valence-corrected chi connectivity index (χ0v) is 25.9. The molecule has 0 aliphatic carbocycles. The molecule has 5 aromatic rings. The number of aromatic nitrogens is 2. The van der Waals surface area contributed by atoms with Crippen molar-refractivity contribution in [3.8, 4) is 34.2 Å². The Bertz CT molecular complexity index is 2070. The van der Waals surface area contributed by atoms with E-state index in [1.165, 1.54) is 3.97 Å². The van der Waals surface area contributed by atoms with Crippen molar-refractivity contribution < 1.29 is 22.6 Å². The van der Waals surface area contributed by atoms with E-state index in [1.54, 1.807) is 42.6 Å². The molecule has 9 nitrogen and oxygen atoms in total. The minimum atomic E-state index is -4.02. The SMILES string of the molecule is N#Cc1cc(-c2ccnc3c2cc(-c2ccc(N4CC5(COC5)C4)cc2)n3S(=O)(=O)c2ccccc2)ccc1OC1CCOCC1. The van der Waals surface area contributed by atoms with Crippen LogP contribution in [0, 0.1) is 16.7 Å². The van der Waals surface area contributed by atoms with Crippen LogP contribution in [-0.2, 0) is 19.5 Å². The number of fused-ring (bicyclic) bond motifs is 1. The Morgan fingerprint density at radius 3 is 2.33 bits per heavy atom. The van der Waals surface area contributed by atoms with Gasteiger partial charge in [-0.1, -0.05) is 36.4 Å². The van der Waals surface area contributed by atoms with Crippen LogP contribution >= 0.6 is 0 Å². The van der Waals surface area contributed by atoms with Crippen molar-refractivity contribution in [3.63, 3.8) is 0 Å². The van der Waals surface area contributed by atoms with Gasteiger partial charge in [0, 0.05) is 43.2 Å². The van der Waals surface area contributed by atoms with Crippen LogP contribution in [0.15, 0.2) is 96.0 Å². The van der Waals surface area contributed by atoms with Crippen molar-refractivity contribution in [2.75, 3.05) is 44.4 Å². The maximum atomic E-state index is 14.3. The van der Waals surface area contributed by atoms with Crippen molar-refractivity contribution in [2.24, 2.45) is 5.41 Å². The fourth-order valence-corrected chi connectivity index (χ4v) is 8.19. The maximum Gasteiger partial charge on any atom is 0.269 e. The molecule has 8 rings (SSSR count). The lowest BCUT2D eigenvalue weighted by molar-refractivity contribution is -0.127. The molecule has 46 heavy (non-hydrogen) atoms. The summed E-state index contributed by atoms with van der Waals surface area (Å²) in [6.45, 7) is 4.84. The van der Waals surface area contributed by atoms with Crippen molar-refractivity contribution in [3.05, 3.63) is 96.7 Å². The number of hydrogen-bond donors (Lipinski definition) is 0. The quantitative estimate of drug-likeness (QED) is 0.219. The normalized spacial score (nSPS) is 17.8. The van der Waals surface area contributed by atoms with Gasteiger partial charge in [-0.15, -0.1) is 0 Å². The van der Waals surface area contributed by atoms with Gasteiger partial charge >= 0.3 is 0 Å². The van der Waals surface area contributed by atoms with Crippen LogP contribution in [0.5, 0.6) is 5.75 Å². The van der Waals surface area contributed by atoms with E-state index in [-0.39, 0.29) is 16.4 Å². The minimum Gasteiger partial charge on any atom is -0.489 e.